The average molecular weight is 791 g/mol. The van der Waals surface area contributed by atoms with Gasteiger partial charge in [-0.3, -0.25) is 0 Å². The van der Waals surface area contributed by atoms with Crippen molar-refractivity contribution in [3.63, 3.8) is 0 Å². The Kier molecular flexibility index (Phi) is 8.83. The molecule has 60 heavy (non-hydrogen) atoms. The predicted octanol–water partition coefficient (Wildman–Crippen LogP) is 15.8. The molecule has 0 unspecified atom stereocenters. The molecule has 1 aliphatic rings. The number of rotatable bonds is 7. The van der Waals surface area contributed by atoms with Crippen molar-refractivity contribution in [1.82, 2.24) is 0 Å². The maximum Gasteiger partial charge on any atom is 0.186 e. The van der Waals surface area contributed by atoms with Crippen LogP contribution in [-0.2, 0) is 5.41 Å². The third kappa shape index (κ3) is 5.93. The summed E-state index contributed by atoms with van der Waals surface area (Å²) in [4.78, 5) is 3.35. The van der Waals surface area contributed by atoms with Gasteiger partial charge >= 0.3 is 0 Å². The van der Waals surface area contributed by atoms with Crippen molar-refractivity contribution in [3.05, 3.63) is 216 Å². The van der Waals surface area contributed by atoms with E-state index >= 15 is 17.6 Å². The van der Waals surface area contributed by atoms with Crippen LogP contribution in [0.15, 0.2) is 176 Å². The number of hydrogen-bond acceptors (Lipinski definition) is 2. The Morgan fingerprint density at radius 3 is 1.72 bits per heavy atom. The second kappa shape index (κ2) is 14.3. The molecular weight excluding hydrogens is 753 g/mol. The first-order valence-electron chi connectivity index (χ1n) is 19.9. The van der Waals surface area contributed by atoms with Gasteiger partial charge < -0.3 is 9.80 Å². The Balaban J connectivity index is 1.10. The van der Waals surface area contributed by atoms with Gasteiger partial charge in [-0.05, 0) is 105 Å². The first kappa shape index (κ1) is 37.1. The minimum atomic E-state index is -1.50. The summed E-state index contributed by atoms with van der Waals surface area (Å²) in [5.74, 6) is -5.97. The zero-order valence-corrected chi connectivity index (χ0v) is 33.1. The van der Waals surface area contributed by atoms with Crippen LogP contribution in [0.4, 0.5) is 51.7 Å². The molecule has 9 aromatic carbocycles. The monoisotopic (exact) mass is 790 g/mol. The summed E-state index contributed by atoms with van der Waals surface area (Å²) < 4.78 is 66.4. The number of nitrogens with zero attached hydrogens (tertiary/aromatic N) is 2. The fraction of sp³-hybridized carbons (Fsp3) is 0.0741. The van der Waals surface area contributed by atoms with Crippen molar-refractivity contribution in [2.24, 2.45) is 0 Å². The van der Waals surface area contributed by atoms with E-state index in [2.05, 4.69) is 79.4 Å². The molecule has 292 valence electrons. The fourth-order valence-corrected chi connectivity index (χ4v) is 8.93. The lowest BCUT2D eigenvalue weighted by Gasteiger charge is -2.29. The summed E-state index contributed by atoms with van der Waals surface area (Å²) in [6.45, 7) is 6.34. The van der Waals surface area contributed by atoms with Crippen LogP contribution in [-0.4, -0.2) is 0 Å². The maximum atomic E-state index is 16.6. The van der Waals surface area contributed by atoms with Gasteiger partial charge in [-0.1, -0.05) is 141 Å². The predicted molar refractivity (Wildman–Crippen MR) is 238 cm³/mol. The molecule has 0 atom stereocenters. The lowest BCUT2D eigenvalue weighted by molar-refractivity contribution is 0.461. The average Bonchev–Trinajstić information content (AvgIpc) is 3.50. The molecule has 0 bridgehead atoms. The minimum Gasteiger partial charge on any atom is -0.310 e. The van der Waals surface area contributed by atoms with Crippen molar-refractivity contribution in [3.8, 4) is 22.3 Å². The van der Waals surface area contributed by atoms with Gasteiger partial charge in [0.25, 0.3) is 0 Å². The summed E-state index contributed by atoms with van der Waals surface area (Å²) in [7, 11) is 0. The minimum absolute atomic E-state index is 0.00547. The number of fused-ring (bicyclic) bond motifs is 5. The summed E-state index contributed by atoms with van der Waals surface area (Å²) >= 11 is 0. The smallest absolute Gasteiger partial charge is 0.186 e. The molecule has 9 aromatic rings. The largest absolute Gasteiger partial charge is 0.310 e. The Hall–Kier alpha value is -7.18. The van der Waals surface area contributed by atoms with Crippen molar-refractivity contribution in [1.29, 1.82) is 0 Å². The molecule has 0 aromatic heterocycles. The molecule has 0 N–H and O–H groups in total. The summed E-state index contributed by atoms with van der Waals surface area (Å²) in [5, 5.41) is 3.76. The molecule has 0 saturated heterocycles. The number of hydrogen-bond donors (Lipinski definition) is 0. The zero-order chi connectivity index (χ0) is 41.3. The van der Waals surface area contributed by atoms with Crippen LogP contribution in [0.5, 0.6) is 0 Å². The van der Waals surface area contributed by atoms with Crippen LogP contribution in [0.1, 0.15) is 30.5 Å². The molecule has 0 aliphatic heterocycles. The summed E-state index contributed by atoms with van der Waals surface area (Å²) in [6, 6.07) is 55.3. The highest BCUT2D eigenvalue weighted by molar-refractivity contribution is 5.99. The van der Waals surface area contributed by atoms with Crippen LogP contribution in [0.3, 0.4) is 0 Å². The Morgan fingerprint density at radius 2 is 0.967 bits per heavy atom. The third-order valence-electron chi connectivity index (χ3n) is 12.0. The van der Waals surface area contributed by atoms with E-state index in [4.69, 9.17) is 0 Å². The van der Waals surface area contributed by atoms with E-state index in [9.17, 15) is 0 Å². The second-order valence-corrected chi connectivity index (χ2v) is 16.0. The zero-order valence-electron chi connectivity index (χ0n) is 33.1. The summed E-state index contributed by atoms with van der Waals surface area (Å²) in [5.41, 5.74) is 7.03. The molecular formula is C54H38F4N2. The van der Waals surface area contributed by atoms with Gasteiger partial charge in [0, 0.05) is 33.6 Å². The molecule has 0 radical (unpaired) electrons. The number of aryl methyl sites for hydroxylation is 1. The van der Waals surface area contributed by atoms with E-state index < -0.39 is 34.5 Å². The fourth-order valence-electron chi connectivity index (χ4n) is 8.93. The van der Waals surface area contributed by atoms with Gasteiger partial charge in [0.1, 0.15) is 5.69 Å². The van der Waals surface area contributed by atoms with Gasteiger partial charge in [-0.2, -0.15) is 0 Å². The lowest BCUT2D eigenvalue weighted by atomic mass is 9.82. The van der Waals surface area contributed by atoms with Crippen LogP contribution in [0.2, 0.25) is 0 Å². The standard InChI is InChI=1S/C54H38F4N2/c1-33-19-24-39(25-20-33)60(40-28-21-34-11-4-5-13-37(34)31-40)53-51(57)49(55)48(50(56)52(53)58)36-22-26-38(27-23-36)59(47-18-10-14-35-12-6-7-15-42(35)47)41-29-30-44-43-16-8-9-17-45(43)54(2,3)46(44)32-41/h4-32H,1-3H3. The highest BCUT2D eigenvalue weighted by atomic mass is 19.2. The van der Waals surface area contributed by atoms with Crippen LogP contribution in [0.25, 0.3) is 43.8 Å². The summed E-state index contributed by atoms with van der Waals surface area (Å²) in [6.07, 6.45) is 0. The quantitative estimate of drug-likeness (QED) is 0.117. The van der Waals surface area contributed by atoms with Crippen LogP contribution in [0, 0.1) is 30.2 Å². The SMILES string of the molecule is Cc1ccc(N(c2ccc3ccccc3c2)c2c(F)c(F)c(-c3ccc(N(c4ccc5c(c4)C(C)(C)c4ccccc4-5)c4cccc5ccccc45)cc3)c(F)c2F)cc1. The van der Waals surface area contributed by atoms with Gasteiger partial charge in [0.05, 0.1) is 11.3 Å². The maximum absolute atomic E-state index is 16.6. The normalized spacial score (nSPS) is 12.7. The molecule has 6 heteroatoms. The van der Waals surface area contributed by atoms with Gasteiger partial charge in [0.2, 0.25) is 0 Å². The molecule has 0 heterocycles. The first-order chi connectivity index (χ1) is 29.1. The van der Waals surface area contributed by atoms with E-state index in [1.807, 2.05) is 61.5 Å². The molecule has 10 rings (SSSR count). The van der Waals surface area contributed by atoms with Gasteiger partial charge in [-0.15, -0.1) is 0 Å². The molecule has 2 nitrogen and oxygen atoms in total. The van der Waals surface area contributed by atoms with E-state index in [0.29, 0.717) is 17.1 Å². The van der Waals surface area contributed by atoms with Gasteiger partial charge in [-0.25, -0.2) is 17.6 Å². The highest BCUT2D eigenvalue weighted by Crippen LogP contribution is 2.51. The molecule has 0 fully saturated rings. The Labute approximate surface area is 346 Å². The lowest BCUT2D eigenvalue weighted by Crippen LogP contribution is -2.17. The van der Waals surface area contributed by atoms with E-state index in [-0.39, 0.29) is 11.0 Å². The highest BCUT2D eigenvalue weighted by Gasteiger charge is 2.36. The molecule has 1 aliphatic carbocycles. The first-order valence-corrected chi connectivity index (χ1v) is 19.9. The topological polar surface area (TPSA) is 6.48 Å². The van der Waals surface area contributed by atoms with Crippen LogP contribution >= 0.6 is 0 Å². The molecule has 0 amide bonds. The van der Waals surface area contributed by atoms with E-state index in [1.54, 1.807) is 48.5 Å². The third-order valence-corrected chi connectivity index (χ3v) is 12.0. The van der Waals surface area contributed by atoms with Crippen molar-refractivity contribution >= 4 is 55.7 Å². The van der Waals surface area contributed by atoms with Crippen molar-refractivity contribution in [2.45, 2.75) is 26.2 Å². The number of benzene rings is 9. The number of anilines is 6. The second-order valence-electron chi connectivity index (χ2n) is 16.0. The van der Waals surface area contributed by atoms with E-state index in [0.717, 1.165) is 38.5 Å². The Morgan fingerprint density at radius 1 is 0.417 bits per heavy atom. The number of halogens is 4. The van der Waals surface area contributed by atoms with Crippen LogP contribution < -0.4 is 9.80 Å². The molecule has 0 spiro atoms. The van der Waals surface area contributed by atoms with Gasteiger partial charge in [0.15, 0.2) is 23.3 Å². The Bertz CT molecular complexity index is 3100. The molecule has 0 saturated carbocycles. The van der Waals surface area contributed by atoms with Crippen molar-refractivity contribution < 1.29 is 17.6 Å². The van der Waals surface area contributed by atoms with Crippen molar-refractivity contribution in [2.75, 3.05) is 9.80 Å². The van der Waals surface area contributed by atoms with E-state index in [1.165, 1.54) is 39.3 Å².